The summed E-state index contributed by atoms with van der Waals surface area (Å²) in [6.07, 6.45) is 4.44. The molecular weight excluding hydrogens is 220 g/mol. The van der Waals surface area contributed by atoms with E-state index in [4.69, 9.17) is 10.9 Å². The molecule has 4 N–H and O–H groups in total. The van der Waals surface area contributed by atoms with E-state index in [0.717, 1.165) is 6.42 Å². The molecule has 0 saturated heterocycles. The maximum absolute atomic E-state index is 11.9. The number of rotatable bonds is 5. The fraction of sp³-hybridized carbons (Fsp3) is 0.364. The van der Waals surface area contributed by atoms with Crippen molar-refractivity contribution in [3.05, 3.63) is 24.5 Å². The molecule has 0 aliphatic rings. The van der Waals surface area contributed by atoms with E-state index >= 15 is 0 Å². The number of aromatic nitrogens is 1. The largest absolute Gasteiger partial charge is 0.409 e. The summed E-state index contributed by atoms with van der Waals surface area (Å²) in [5, 5.41) is 14.2. The van der Waals surface area contributed by atoms with E-state index in [1.807, 2.05) is 6.92 Å². The van der Waals surface area contributed by atoms with E-state index in [9.17, 15) is 4.79 Å². The number of pyridine rings is 1. The van der Waals surface area contributed by atoms with E-state index in [1.54, 1.807) is 18.3 Å². The molecule has 1 amide bonds. The van der Waals surface area contributed by atoms with Crippen molar-refractivity contribution >= 4 is 17.4 Å². The number of carbonyl (C=O) groups is 1. The lowest BCUT2D eigenvalue weighted by molar-refractivity contribution is -0.118. The van der Waals surface area contributed by atoms with E-state index < -0.39 is 5.92 Å². The summed E-state index contributed by atoms with van der Waals surface area (Å²) in [5.41, 5.74) is 6.07. The van der Waals surface area contributed by atoms with Crippen LogP contribution in [0.5, 0.6) is 0 Å². The first-order valence-corrected chi connectivity index (χ1v) is 5.37. The fourth-order valence-corrected chi connectivity index (χ4v) is 1.44. The lowest BCUT2D eigenvalue weighted by atomic mass is 10.0. The van der Waals surface area contributed by atoms with Crippen LogP contribution >= 0.6 is 0 Å². The van der Waals surface area contributed by atoms with E-state index in [0.29, 0.717) is 12.1 Å². The second-order valence-corrected chi connectivity index (χ2v) is 3.60. The summed E-state index contributed by atoms with van der Waals surface area (Å²) in [4.78, 5) is 15.8. The number of oxime groups is 1. The van der Waals surface area contributed by atoms with Crippen LogP contribution in [-0.4, -0.2) is 21.9 Å². The Morgan fingerprint density at radius 3 is 3.00 bits per heavy atom. The Kier molecular flexibility index (Phi) is 4.93. The molecule has 0 bridgehead atoms. The fourth-order valence-electron chi connectivity index (χ4n) is 1.44. The third kappa shape index (κ3) is 3.75. The number of hydrogen-bond donors (Lipinski definition) is 3. The number of amidine groups is 1. The number of hydrogen-bond acceptors (Lipinski definition) is 4. The molecule has 1 rings (SSSR count). The lowest BCUT2D eigenvalue weighted by Crippen LogP contribution is -2.34. The SMILES string of the molecule is CCCC(C(=O)Nc1cccnc1)/C(N)=N/O. The molecule has 0 spiro atoms. The second kappa shape index (κ2) is 6.47. The summed E-state index contributed by atoms with van der Waals surface area (Å²) < 4.78 is 0. The van der Waals surface area contributed by atoms with Gasteiger partial charge in [-0.1, -0.05) is 18.5 Å². The van der Waals surface area contributed by atoms with Crippen LogP contribution in [0.15, 0.2) is 29.7 Å². The number of nitrogens with one attached hydrogen (secondary N) is 1. The number of nitrogens with zero attached hydrogens (tertiary/aromatic N) is 2. The van der Waals surface area contributed by atoms with Gasteiger partial charge in [-0.15, -0.1) is 0 Å². The second-order valence-electron chi connectivity index (χ2n) is 3.60. The average Bonchev–Trinajstić information content (AvgIpc) is 2.36. The minimum Gasteiger partial charge on any atom is -0.409 e. The molecule has 17 heavy (non-hydrogen) atoms. The van der Waals surface area contributed by atoms with Crippen molar-refractivity contribution in [1.29, 1.82) is 0 Å². The molecule has 0 aromatic carbocycles. The van der Waals surface area contributed by atoms with E-state index in [2.05, 4.69) is 15.5 Å². The van der Waals surface area contributed by atoms with E-state index in [1.165, 1.54) is 6.20 Å². The summed E-state index contributed by atoms with van der Waals surface area (Å²) in [5.74, 6) is -0.992. The van der Waals surface area contributed by atoms with Crippen molar-refractivity contribution in [2.75, 3.05) is 5.32 Å². The Balaban J connectivity index is 2.72. The predicted octanol–water partition coefficient (Wildman–Crippen LogP) is 1.18. The smallest absolute Gasteiger partial charge is 0.235 e. The van der Waals surface area contributed by atoms with Crippen LogP contribution in [0.1, 0.15) is 19.8 Å². The van der Waals surface area contributed by atoms with Crippen LogP contribution < -0.4 is 11.1 Å². The third-order valence-electron chi connectivity index (χ3n) is 2.30. The van der Waals surface area contributed by atoms with Gasteiger partial charge in [-0.25, -0.2) is 0 Å². The van der Waals surface area contributed by atoms with Crippen molar-refractivity contribution < 1.29 is 10.0 Å². The number of anilines is 1. The molecule has 0 aliphatic heterocycles. The van der Waals surface area contributed by atoms with Crippen LogP contribution in [0.25, 0.3) is 0 Å². The van der Waals surface area contributed by atoms with Crippen LogP contribution in [0.3, 0.4) is 0 Å². The van der Waals surface area contributed by atoms with Gasteiger partial charge in [0.2, 0.25) is 5.91 Å². The maximum Gasteiger partial charge on any atom is 0.235 e. The van der Waals surface area contributed by atoms with Gasteiger partial charge in [0, 0.05) is 6.20 Å². The zero-order valence-corrected chi connectivity index (χ0v) is 9.63. The molecule has 0 radical (unpaired) electrons. The van der Waals surface area contributed by atoms with Crippen LogP contribution in [0, 0.1) is 5.92 Å². The van der Waals surface area contributed by atoms with Crippen molar-refractivity contribution in [3.63, 3.8) is 0 Å². The molecule has 0 saturated carbocycles. The molecule has 6 nitrogen and oxygen atoms in total. The first-order chi connectivity index (χ1) is 8.19. The quantitative estimate of drug-likeness (QED) is 0.309. The molecular formula is C11H16N4O2. The van der Waals surface area contributed by atoms with Gasteiger partial charge in [0.05, 0.1) is 17.8 Å². The highest BCUT2D eigenvalue weighted by Crippen LogP contribution is 2.11. The minimum absolute atomic E-state index is 0.0757. The van der Waals surface area contributed by atoms with Gasteiger partial charge < -0.3 is 16.3 Å². The van der Waals surface area contributed by atoms with Crippen LogP contribution in [-0.2, 0) is 4.79 Å². The highest BCUT2D eigenvalue weighted by atomic mass is 16.4. The standard InChI is InChI=1S/C11H16N4O2/c1-2-4-9(10(12)15-17)11(16)14-8-5-3-6-13-7-8/h3,5-7,9,17H,2,4H2,1H3,(H2,12,15)(H,14,16). The summed E-state index contributed by atoms with van der Waals surface area (Å²) >= 11 is 0. The van der Waals surface area contributed by atoms with Gasteiger partial charge in [0.25, 0.3) is 0 Å². The zero-order chi connectivity index (χ0) is 12.7. The molecule has 92 valence electrons. The van der Waals surface area contributed by atoms with Crippen molar-refractivity contribution in [2.24, 2.45) is 16.8 Å². The first kappa shape index (κ1) is 13.0. The van der Waals surface area contributed by atoms with Crippen LogP contribution in [0.2, 0.25) is 0 Å². The minimum atomic E-state index is -0.620. The predicted molar refractivity (Wildman–Crippen MR) is 64.7 cm³/mol. The molecule has 6 heteroatoms. The maximum atomic E-state index is 11.9. The third-order valence-corrected chi connectivity index (χ3v) is 2.30. The van der Waals surface area contributed by atoms with Gasteiger partial charge in [-0.3, -0.25) is 9.78 Å². The highest BCUT2D eigenvalue weighted by molar-refractivity contribution is 6.07. The summed E-state index contributed by atoms with van der Waals surface area (Å²) in [7, 11) is 0. The average molecular weight is 236 g/mol. The Morgan fingerprint density at radius 2 is 2.47 bits per heavy atom. The molecule has 1 atom stereocenters. The van der Waals surface area contributed by atoms with E-state index in [-0.39, 0.29) is 11.7 Å². The highest BCUT2D eigenvalue weighted by Gasteiger charge is 2.22. The van der Waals surface area contributed by atoms with Crippen molar-refractivity contribution in [1.82, 2.24) is 4.98 Å². The number of amides is 1. The Morgan fingerprint density at radius 1 is 1.71 bits per heavy atom. The summed E-state index contributed by atoms with van der Waals surface area (Å²) in [6, 6.07) is 3.44. The van der Waals surface area contributed by atoms with Gasteiger partial charge in [-0.05, 0) is 18.6 Å². The van der Waals surface area contributed by atoms with Crippen LogP contribution in [0.4, 0.5) is 5.69 Å². The van der Waals surface area contributed by atoms with Crippen molar-refractivity contribution in [2.45, 2.75) is 19.8 Å². The normalized spacial score (nSPS) is 13.1. The zero-order valence-electron chi connectivity index (χ0n) is 9.63. The first-order valence-electron chi connectivity index (χ1n) is 5.37. The molecule has 0 fully saturated rings. The summed E-state index contributed by atoms with van der Waals surface area (Å²) in [6.45, 7) is 1.93. The number of nitrogens with two attached hydrogens (primary N) is 1. The van der Waals surface area contributed by atoms with Gasteiger partial charge in [0.1, 0.15) is 0 Å². The van der Waals surface area contributed by atoms with Crippen molar-refractivity contribution in [3.8, 4) is 0 Å². The molecule has 1 unspecified atom stereocenters. The van der Waals surface area contributed by atoms with Gasteiger partial charge in [-0.2, -0.15) is 0 Å². The lowest BCUT2D eigenvalue weighted by Gasteiger charge is -2.14. The molecule has 0 aliphatic carbocycles. The number of carbonyl (C=O) groups excluding carboxylic acids is 1. The molecule has 1 heterocycles. The van der Waals surface area contributed by atoms with Gasteiger partial charge in [0.15, 0.2) is 5.84 Å². The molecule has 1 aromatic heterocycles. The molecule has 1 aromatic rings. The topological polar surface area (TPSA) is 101 Å². The Bertz CT molecular complexity index is 392. The Labute approximate surface area is 99.5 Å². The monoisotopic (exact) mass is 236 g/mol. The van der Waals surface area contributed by atoms with Gasteiger partial charge >= 0.3 is 0 Å². The Hall–Kier alpha value is -2.11.